The second-order valence-electron chi connectivity index (χ2n) is 6.41. The van der Waals surface area contributed by atoms with Crippen LogP contribution in [0.15, 0.2) is 36.5 Å². The van der Waals surface area contributed by atoms with Crippen molar-refractivity contribution in [3.8, 4) is 0 Å². The molecule has 0 fully saturated rings. The molecular formula is C18H22N2O4. The molecule has 0 radical (unpaired) electrons. The first-order valence-corrected chi connectivity index (χ1v) is 7.70. The average Bonchev–Trinajstić information content (AvgIpc) is 2.52. The minimum Gasteiger partial charge on any atom is -0.467 e. The normalized spacial score (nSPS) is 12.5. The molecule has 1 aromatic carbocycles. The third-order valence-corrected chi connectivity index (χ3v) is 3.34. The Hall–Kier alpha value is -2.63. The number of nitrogens with zero attached hydrogens (tertiary/aromatic N) is 1. The number of hydrogen-bond donors (Lipinski definition) is 1. The molecule has 24 heavy (non-hydrogen) atoms. The van der Waals surface area contributed by atoms with Crippen molar-refractivity contribution in [3.05, 3.63) is 42.1 Å². The molecule has 0 aliphatic heterocycles. The molecule has 0 saturated carbocycles. The molecule has 0 spiro atoms. The van der Waals surface area contributed by atoms with Gasteiger partial charge in [0.1, 0.15) is 11.6 Å². The van der Waals surface area contributed by atoms with Crippen LogP contribution < -0.4 is 5.32 Å². The Bertz CT molecular complexity index is 732. The van der Waals surface area contributed by atoms with E-state index in [0.717, 1.165) is 16.5 Å². The molecule has 6 heteroatoms. The van der Waals surface area contributed by atoms with Crippen molar-refractivity contribution in [2.24, 2.45) is 0 Å². The number of pyridine rings is 1. The van der Waals surface area contributed by atoms with Crippen LogP contribution in [0.5, 0.6) is 0 Å². The number of rotatable bonds is 4. The number of para-hydroxylation sites is 1. The summed E-state index contributed by atoms with van der Waals surface area (Å²) in [5.41, 5.74) is 1.08. The van der Waals surface area contributed by atoms with Gasteiger partial charge in [-0.15, -0.1) is 0 Å². The second kappa shape index (κ2) is 7.29. The van der Waals surface area contributed by atoms with Crippen LogP contribution in [0.1, 0.15) is 26.3 Å². The summed E-state index contributed by atoms with van der Waals surface area (Å²) in [6.07, 6.45) is 1.31. The quantitative estimate of drug-likeness (QED) is 0.872. The molecule has 0 saturated heterocycles. The van der Waals surface area contributed by atoms with Gasteiger partial charge in [-0.3, -0.25) is 4.98 Å². The zero-order chi connectivity index (χ0) is 17.7. The molecule has 128 valence electrons. The van der Waals surface area contributed by atoms with Gasteiger partial charge < -0.3 is 14.8 Å². The lowest BCUT2D eigenvalue weighted by atomic mass is 10.0. The largest absolute Gasteiger partial charge is 0.467 e. The van der Waals surface area contributed by atoms with E-state index in [-0.39, 0.29) is 6.42 Å². The van der Waals surface area contributed by atoms with E-state index in [9.17, 15) is 9.59 Å². The van der Waals surface area contributed by atoms with Crippen LogP contribution in [0, 0.1) is 0 Å². The number of carbonyl (C=O) groups is 2. The molecule has 2 rings (SSSR count). The van der Waals surface area contributed by atoms with Gasteiger partial charge in [-0.05, 0) is 38.5 Å². The third-order valence-electron chi connectivity index (χ3n) is 3.34. The summed E-state index contributed by atoms with van der Waals surface area (Å²) in [4.78, 5) is 28.3. The van der Waals surface area contributed by atoms with Crippen molar-refractivity contribution < 1.29 is 19.1 Å². The van der Waals surface area contributed by atoms with Gasteiger partial charge in [0, 0.05) is 18.0 Å². The average molecular weight is 330 g/mol. The second-order valence-corrected chi connectivity index (χ2v) is 6.41. The Labute approximate surface area is 141 Å². The lowest BCUT2D eigenvalue weighted by Crippen LogP contribution is -2.45. The lowest BCUT2D eigenvalue weighted by molar-refractivity contribution is -0.143. The first kappa shape index (κ1) is 17.7. The molecule has 0 aliphatic carbocycles. The molecule has 1 aromatic heterocycles. The molecule has 1 heterocycles. The van der Waals surface area contributed by atoms with Crippen molar-refractivity contribution in [2.75, 3.05) is 7.11 Å². The molecule has 0 bridgehead atoms. The highest BCUT2D eigenvalue weighted by Gasteiger charge is 2.25. The monoisotopic (exact) mass is 330 g/mol. The van der Waals surface area contributed by atoms with Gasteiger partial charge in [0.05, 0.1) is 12.6 Å². The fourth-order valence-electron chi connectivity index (χ4n) is 2.34. The van der Waals surface area contributed by atoms with Crippen LogP contribution in [0.3, 0.4) is 0 Å². The van der Waals surface area contributed by atoms with E-state index in [1.807, 2.05) is 30.3 Å². The van der Waals surface area contributed by atoms with E-state index in [4.69, 9.17) is 9.47 Å². The van der Waals surface area contributed by atoms with Gasteiger partial charge in [-0.2, -0.15) is 0 Å². The van der Waals surface area contributed by atoms with Crippen molar-refractivity contribution in [3.63, 3.8) is 0 Å². The summed E-state index contributed by atoms with van der Waals surface area (Å²) in [7, 11) is 1.29. The lowest BCUT2D eigenvalue weighted by Gasteiger charge is -2.22. The number of aromatic nitrogens is 1. The number of carbonyl (C=O) groups excluding carboxylic acids is 2. The smallest absolute Gasteiger partial charge is 0.408 e. The van der Waals surface area contributed by atoms with Crippen molar-refractivity contribution >= 4 is 23.0 Å². The fraction of sp³-hybridized carbons (Fsp3) is 0.389. The summed E-state index contributed by atoms with van der Waals surface area (Å²) in [6.45, 7) is 5.28. The van der Waals surface area contributed by atoms with Crippen molar-refractivity contribution in [2.45, 2.75) is 38.8 Å². The highest BCUT2D eigenvalue weighted by atomic mass is 16.6. The number of alkyl carbamates (subject to hydrolysis) is 1. The number of esters is 1. The predicted molar refractivity (Wildman–Crippen MR) is 90.6 cm³/mol. The van der Waals surface area contributed by atoms with E-state index in [0.29, 0.717) is 0 Å². The minimum absolute atomic E-state index is 0.287. The van der Waals surface area contributed by atoms with Gasteiger partial charge in [0.25, 0.3) is 0 Å². The molecule has 6 nitrogen and oxygen atoms in total. The summed E-state index contributed by atoms with van der Waals surface area (Å²) < 4.78 is 10.0. The zero-order valence-corrected chi connectivity index (χ0v) is 14.3. The number of ether oxygens (including phenoxy) is 2. The number of fused-ring (bicyclic) bond motifs is 1. The van der Waals surface area contributed by atoms with E-state index in [1.54, 1.807) is 27.0 Å². The van der Waals surface area contributed by atoms with Crippen LogP contribution in [-0.2, 0) is 20.7 Å². The Morgan fingerprint density at radius 3 is 2.58 bits per heavy atom. The number of hydrogen-bond acceptors (Lipinski definition) is 5. The van der Waals surface area contributed by atoms with E-state index in [1.165, 1.54) is 7.11 Å². The van der Waals surface area contributed by atoms with Crippen LogP contribution in [0.4, 0.5) is 4.79 Å². The number of nitrogens with one attached hydrogen (secondary N) is 1. The molecule has 1 atom stereocenters. The number of amides is 1. The number of benzene rings is 1. The summed E-state index contributed by atoms with van der Waals surface area (Å²) in [5.74, 6) is -0.526. The van der Waals surface area contributed by atoms with Crippen LogP contribution >= 0.6 is 0 Å². The van der Waals surface area contributed by atoms with Crippen LogP contribution in [0.2, 0.25) is 0 Å². The predicted octanol–water partition coefficient (Wildman–Crippen LogP) is 2.84. The van der Waals surface area contributed by atoms with Gasteiger partial charge >= 0.3 is 12.1 Å². The fourth-order valence-corrected chi connectivity index (χ4v) is 2.34. The van der Waals surface area contributed by atoms with Crippen molar-refractivity contribution in [1.29, 1.82) is 0 Å². The number of methoxy groups -OCH3 is 1. The van der Waals surface area contributed by atoms with Gasteiger partial charge in [-0.25, -0.2) is 9.59 Å². The van der Waals surface area contributed by atoms with E-state index in [2.05, 4.69) is 10.3 Å². The Balaban J connectivity index is 2.22. The maximum atomic E-state index is 12.0. The maximum absolute atomic E-state index is 12.0. The third kappa shape index (κ3) is 4.68. The summed E-state index contributed by atoms with van der Waals surface area (Å²) in [5, 5.41) is 3.51. The molecule has 1 amide bonds. The maximum Gasteiger partial charge on any atom is 0.408 e. The topological polar surface area (TPSA) is 77.5 Å². The van der Waals surface area contributed by atoms with Gasteiger partial charge in [-0.1, -0.05) is 18.2 Å². The Morgan fingerprint density at radius 1 is 1.21 bits per heavy atom. The Morgan fingerprint density at radius 2 is 1.92 bits per heavy atom. The standard InChI is InChI=1S/C18H22N2O4/c1-18(2,3)24-17(22)20-15(16(21)23-4)11-12-9-10-19-14-8-6-5-7-13(12)14/h5-10,15H,11H2,1-4H3,(H,20,22). The summed E-state index contributed by atoms with van der Waals surface area (Å²) in [6, 6.07) is 8.62. The molecule has 2 aromatic rings. The van der Waals surface area contributed by atoms with E-state index < -0.39 is 23.7 Å². The van der Waals surface area contributed by atoms with E-state index >= 15 is 0 Å². The molecule has 1 N–H and O–H groups in total. The SMILES string of the molecule is COC(=O)C(Cc1ccnc2ccccc12)NC(=O)OC(C)(C)C. The highest BCUT2D eigenvalue weighted by Crippen LogP contribution is 2.18. The molecular weight excluding hydrogens is 308 g/mol. The first-order chi connectivity index (χ1) is 11.3. The zero-order valence-electron chi connectivity index (χ0n) is 14.3. The molecule has 0 aliphatic rings. The minimum atomic E-state index is -0.837. The highest BCUT2D eigenvalue weighted by molar-refractivity contribution is 5.85. The Kier molecular flexibility index (Phi) is 5.39. The summed E-state index contributed by atoms with van der Waals surface area (Å²) >= 11 is 0. The molecule has 1 unspecified atom stereocenters. The van der Waals surface area contributed by atoms with Crippen LogP contribution in [0.25, 0.3) is 10.9 Å². The first-order valence-electron chi connectivity index (χ1n) is 7.70. The van der Waals surface area contributed by atoms with Crippen molar-refractivity contribution in [1.82, 2.24) is 10.3 Å². The van der Waals surface area contributed by atoms with Crippen LogP contribution in [-0.4, -0.2) is 35.8 Å². The van der Waals surface area contributed by atoms with Gasteiger partial charge in [0.2, 0.25) is 0 Å². The van der Waals surface area contributed by atoms with Gasteiger partial charge in [0.15, 0.2) is 0 Å².